The van der Waals surface area contributed by atoms with Crippen LogP contribution in [-0.4, -0.2) is 51.7 Å². The normalized spacial score (nSPS) is 20.0. The van der Waals surface area contributed by atoms with Gasteiger partial charge in [-0.15, -0.1) is 0 Å². The van der Waals surface area contributed by atoms with Crippen molar-refractivity contribution in [1.82, 2.24) is 20.0 Å². The maximum atomic E-state index is 8.81. The predicted molar refractivity (Wildman–Crippen MR) is 156 cm³/mol. The monoisotopic (exact) mass is 526 g/mol. The number of nitrogens with one attached hydrogen (secondary N) is 1. The largest absolute Gasteiger partial charge is 0.375 e. The third kappa shape index (κ3) is 9.05. The zero-order valence-electron chi connectivity index (χ0n) is 24.9. The number of hydrogen-bond acceptors (Lipinski definition) is 5. The molecule has 0 spiro atoms. The van der Waals surface area contributed by atoms with Crippen LogP contribution in [0.15, 0.2) is 24.5 Å². The second-order valence-electron chi connectivity index (χ2n) is 10.7. The van der Waals surface area contributed by atoms with Gasteiger partial charge in [0.15, 0.2) is 0 Å². The molecule has 3 atom stereocenters. The minimum absolute atomic E-state index is 0.411. The Morgan fingerprint density at radius 2 is 1.92 bits per heavy atom. The van der Waals surface area contributed by atoms with Crippen molar-refractivity contribution in [3.63, 3.8) is 0 Å². The molecule has 3 unspecified atom stereocenters. The van der Waals surface area contributed by atoms with Gasteiger partial charge >= 0.3 is 0 Å². The fourth-order valence-electron chi connectivity index (χ4n) is 5.05. The molecule has 1 N–H and O–H groups in total. The van der Waals surface area contributed by atoms with E-state index in [0.717, 1.165) is 49.3 Å². The topological polar surface area (TPSA) is 82.0 Å². The van der Waals surface area contributed by atoms with E-state index >= 15 is 0 Å². The predicted octanol–water partition coefficient (Wildman–Crippen LogP) is 7.07. The zero-order valence-corrected chi connectivity index (χ0v) is 24.9. The first-order valence-electron chi connectivity index (χ1n) is 14.3. The van der Waals surface area contributed by atoms with Crippen LogP contribution in [0.25, 0.3) is 22.0 Å². The first kappa shape index (κ1) is 31.7. The minimum Gasteiger partial charge on any atom is -0.375 e. The summed E-state index contributed by atoms with van der Waals surface area (Å²) in [6.07, 6.45) is 12.7. The Bertz CT molecular complexity index is 1070. The van der Waals surface area contributed by atoms with E-state index in [9.17, 15) is 0 Å². The summed E-state index contributed by atoms with van der Waals surface area (Å²) in [6.45, 7) is 16.6. The van der Waals surface area contributed by atoms with Gasteiger partial charge in [0.05, 0.1) is 30.5 Å². The van der Waals surface area contributed by atoms with E-state index in [1.807, 2.05) is 24.1 Å². The van der Waals surface area contributed by atoms with Crippen LogP contribution in [0.4, 0.5) is 0 Å². The lowest BCUT2D eigenvalue weighted by molar-refractivity contribution is -0.106. The molecule has 212 valence electrons. The number of rotatable bonds is 5. The summed E-state index contributed by atoms with van der Waals surface area (Å²) >= 11 is 0. The zero-order chi connectivity index (χ0) is 28.1. The number of carbonyl (C=O) groups is 1. The Labute approximate surface area is 229 Å². The van der Waals surface area contributed by atoms with Crippen molar-refractivity contribution in [2.45, 2.75) is 99.2 Å². The van der Waals surface area contributed by atoms with E-state index < -0.39 is 0 Å². The molecule has 5 rings (SSSR count). The first-order chi connectivity index (χ1) is 18.3. The second kappa shape index (κ2) is 16.5. The lowest BCUT2D eigenvalue weighted by Crippen LogP contribution is -2.33. The van der Waals surface area contributed by atoms with Crippen LogP contribution in [0, 0.1) is 18.8 Å². The number of ether oxygens (including phenoxy) is 2. The number of nitrogens with zero attached hydrogens (tertiary/aromatic N) is 3. The average molecular weight is 527 g/mol. The number of fused-ring (bicyclic) bond motifs is 2. The summed E-state index contributed by atoms with van der Waals surface area (Å²) in [5.74, 6) is 1.51. The smallest absolute Gasteiger partial charge is 0.116 e. The van der Waals surface area contributed by atoms with Crippen LogP contribution in [0.3, 0.4) is 0 Å². The van der Waals surface area contributed by atoms with Gasteiger partial charge in [-0.2, -0.15) is 10.2 Å². The number of aromatic amines is 1. The van der Waals surface area contributed by atoms with Gasteiger partial charge in [0.25, 0.3) is 0 Å². The lowest BCUT2D eigenvalue weighted by Gasteiger charge is -2.26. The summed E-state index contributed by atoms with van der Waals surface area (Å²) in [6, 6.07) is 4.41. The SMILES string of the molecule is CC1COC2CCCOC12.CC=O.CCCC(C)C.CCCc1cc(-c2cn[nH]c2)cc2nn(C)c(C)c12. The second-order valence-corrected chi connectivity index (χ2v) is 10.7. The molecule has 7 nitrogen and oxygen atoms in total. The summed E-state index contributed by atoms with van der Waals surface area (Å²) in [5, 5.41) is 12.8. The van der Waals surface area contributed by atoms with Gasteiger partial charge < -0.3 is 14.3 Å². The van der Waals surface area contributed by atoms with Crippen LogP contribution in [0.5, 0.6) is 0 Å². The van der Waals surface area contributed by atoms with Gasteiger partial charge in [-0.3, -0.25) is 9.78 Å². The van der Waals surface area contributed by atoms with Crippen molar-refractivity contribution in [1.29, 1.82) is 0 Å². The van der Waals surface area contributed by atoms with Crippen molar-refractivity contribution in [3.05, 3.63) is 35.8 Å². The average Bonchev–Trinajstić information content (AvgIpc) is 3.62. The molecule has 0 bridgehead atoms. The van der Waals surface area contributed by atoms with Gasteiger partial charge in [0.1, 0.15) is 6.29 Å². The Balaban J connectivity index is 0.000000222. The maximum Gasteiger partial charge on any atom is 0.116 e. The molecule has 2 saturated heterocycles. The molecule has 2 fully saturated rings. The van der Waals surface area contributed by atoms with E-state index in [2.05, 4.69) is 69.0 Å². The molecule has 1 aromatic carbocycles. The number of carbonyl (C=O) groups excluding carboxylic acids is 1. The quantitative estimate of drug-likeness (QED) is 0.360. The van der Waals surface area contributed by atoms with Crippen molar-refractivity contribution >= 4 is 17.2 Å². The maximum absolute atomic E-state index is 8.81. The highest BCUT2D eigenvalue weighted by Gasteiger charge is 2.36. The van der Waals surface area contributed by atoms with Crippen LogP contribution < -0.4 is 0 Å². The number of aryl methyl sites for hydroxylation is 3. The van der Waals surface area contributed by atoms with Crippen molar-refractivity contribution in [3.8, 4) is 11.1 Å². The molecule has 3 aromatic rings. The number of H-pyrrole nitrogens is 1. The molecule has 2 aliphatic heterocycles. The highest BCUT2D eigenvalue weighted by molar-refractivity contribution is 5.89. The van der Waals surface area contributed by atoms with Gasteiger partial charge in [0.2, 0.25) is 0 Å². The molecule has 0 amide bonds. The van der Waals surface area contributed by atoms with Crippen LogP contribution in [0.1, 0.15) is 84.9 Å². The number of benzene rings is 1. The molecule has 0 saturated carbocycles. The molecular formula is C31H50N4O3. The number of hydrogen-bond donors (Lipinski definition) is 1. The molecule has 4 heterocycles. The summed E-state index contributed by atoms with van der Waals surface area (Å²) in [4.78, 5) is 8.81. The highest BCUT2D eigenvalue weighted by atomic mass is 16.6. The van der Waals surface area contributed by atoms with Crippen LogP contribution in [0.2, 0.25) is 0 Å². The van der Waals surface area contributed by atoms with Crippen LogP contribution >= 0.6 is 0 Å². The Morgan fingerprint density at radius 1 is 1.18 bits per heavy atom. The fraction of sp³-hybridized carbons (Fsp3) is 0.645. The van der Waals surface area contributed by atoms with E-state index in [1.54, 1.807) is 0 Å². The van der Waals surface area contributed by atoms with Gasteiger partial charge in [-0.05, 0) is 56.2 Å². The lowest BCUT2D eigenvalue weighted by atomic mass is 9.98. The van der Waals surface area contributed by atoms with Crippen molar-refractivity contribution in [2.75, 3.05) is 13.2 Å². The third-order valence-electron chi connectivity index (χ3n) is 6.96. The van der Waals surface area contributed by atoms with Gasteiger partial charge in [0, 0.05) is 42.4 Å². The van der Waals surface area contributed by atoms with E-state index in [0.29, 0.717) is 18.1 Å². The van der Waals surface area contributed by atoms with E-state index in [4.69, 9.17) is 14.3 Å². The molecule has 0 aliphatic carbocycles. The first-order valence-corrected chi connectivity index (χ1v) is 14.3. The number of aromatic nitrogens is 4. The van der Waals surface area contributed by atoms with E-state index in [-0.39, 0.29) is 0 Å². The molecule has 2 aliphatic rings. The Morgan fingerprint density at radius 3 is 2.47 bits per heavy atom. The molecule has 38 heavy (non-hydrogen) atoms. The molecule has 0 radical (unpaired) electrons. The van der Waals surface area contributed by atoms with Crippen LogP contribution in [-0.2, 0) is 27.7 Å². The van der Waals surface area contributed by atoms with Crippen molar-refractivity contribution < 1.29 is 14.3 Å². The standard InChI is InChI=1S/C15H18N4.C8H14O2.C6H14.C2H4O/c1-4-5-11-6-12(13-8-16-17-9-13)7-14-15(11)10(2)19(3)18-14;1-6-5-10-7-3-2-4-9-8(6)7;1-4-5-6(2)3;1-2-3/h6-9H,4-5H2,1-3H3,(H,16,17);6-8H,2-5H2,1H3;6H,4-5H2,1-3H3;2H,1H3. The minimum atomic E-state index is 0.411. The number of aldehydes is 1. The van der Waals surface area contributed by atoms with E-state index in [1.165, 1.54) is 54.8 Å². The summed E-state index contributed by atoms with van der Waals surface area (Å²) < 4.78 is 13.1. The third-order valence-corrected chi connectivity index (χ3v) is 6.96. The molecular weight excluding hydrogens is 476 g/mol. The Hall–Kier alpha value is -2.51. The highest BCUT2D eigenvalue weighted by Crippen LogP contribution is 2.30. The Kier molecular flexibility index (Phi) is 13.7. The summed E-state index contributed by atoms with van der Waals surface area (Å²) in [5.41, 5.74) is 5.98. The molecule has 2 aromatic heterocycles. The van der Waals surface area contributed by atoms with Gasteiger partial charge in [-0.25, -0.2) is 0 Å². The van der Waals surface area contributed by atoms with Crippen molar-refractivity contribution in [2.24, 2.45) is 18.9 Å². The summed E-state index contributed by atoms with van der Waals surface area (Å²) in [7, 11) is 2.00. The van der Waals surface area contributed by atoms with Gasteiger partial charge in [-0.1, -0.05) is 59.9 Å². The fourth-order valence-corrected chi connectivity index (χ4v) is 5.05. The molecule has 7 heteroatoms.